The summed E-state index contributed by atoms with van der Waals surface area (Å²) in [6, 6.07) is 17.4. The summed E-state index contributed by atoms with van der Waals surface area (Å²) in [5.74, 6) is 0.950. The summed E-state index contributed by atoms with van der Waals surface area (Å²) in [5, 5.41) is 24.2. The Balaban J connectivity index is 1.69. The zero-order chi connectivity index (χ0) is 17.5. The fourth-order valence-electron chi connectivity index (χ4n) is 2.45. The topological polar surface area (TPSA) is 89.8 Å². The molecule has 0 unspecified atom stereocenters. The Bertz CT molecular complexity index is 813. The van der Waals surface area contributed by atoms with E-state index in [0.29, 0.717) is 18.3 Å². The number of anilines is 1. The van der Waals surface area contributed by atoms with E-state index >= 15 is 0 Å². The number of nitrogens with zero attached hydrogens (tertiary/aromatic N) is 5. The second kappa shape index (κ2) is 8.16. The van der Waals surface area contributed by atoms with Gasteiger partial charge in [0, 0.05) is 24.3 Å². The summed E-state index contributed by atoms with van der Waals surface area (Å²) >= 11 is 0. The Morgan fingerprint density at radius 1 is 1.04 bits per heavy atom. The van der Waals surface area contributed by atoms with Gasteiger partial charge < -0.3 is 10.0 Å². The van der Waals surface area contributed by atoms with Gasteiger partial charge in [0.25, 0.3) is 5.95 Å². The molecule has 0 spiro atoms. The van der Waals surface area contributed by atoms with Crippen molar-refractivity contribution in [3.8, 4) is 11.4 Å². The molecule has 0 saturated carbocycles. The van der Waals surface area contributed by atoms with Crippen molar-refractivity contribution in [2.45, 2.75) is 6.92 Å². The quantitative estimate of drug-likeness (QED) is 0.644. The maximum Gasteiger partial charge on any atom is 0.287 e. The van der Waals surface area contributed by atoms with Gasteiger partial charge in [-0.05, 0) is 31.2 Å². The van der Waals surface area contributed by atoms with Crippen molar-refractivity contribution in [2.75, 3.05) is 24.6 Å². The number of hydrogen-bond donors (Lipinski definition) is 2. The summed E-state index contributed by atoms with van der Waals surface area (Å²) in [5.41, 5.74) is 2.71. The van der Waals surface area contributed by atoms with Crippen LogP contribution in [0.3, 0.4) is 0 Å². The van der Waals surface area contributed by atoms with Gasteiger partial charge in [-0.3, -0.25) is 5.10 Å². The smallest absolute Gasteiger partial charge is 0.287 e. The number of aliphatic hydroxyl groups excluding tert-OH is 1. The molecule has 0 atom stereocenters. The van der Waals surface area contributed by atoms with Gasteiger partial charge in [0.2, 0.25) is 0 Å². The highest BCUT2D eigenvalue weighted by atomic mass is 16.3. The number of aliphatic hydroxyl groups is 1. The van der Waals surface area contributed by atoms with E-state index in [4.69, 9.17) is 5.11 Å². The molecule has 3 rings (SSSR count). The van der Waals surface area contributed by atoms with Crippen LogP contribution in [0.25, 0.3) is 11.4 Å². The van der Waals surface area contributed by atoms with Crippen molar-refractivity contribution >= 4 is 17.3 Å². The van der Waals surface area contributed by atoms with Gasteiger partial charge in [-0.25, -0.2) is 0 Å². The fraction of sp³-hybridized carbons (Fsp3) is 0.222. The summed E-state index contributed by atoms with van der Waals surface area (Å²) in [7, 11) is 0. The van der Waals surface area contributed by atoms with Crippen LogP contribution in [0.5, 0.6) is 0 Å². The number of rotatable bonds is 7. The molecule has 25 heavy (non-hydrogen) atoms. The second-order valence-corrected chi connectivity index (χ2v) is 5.37. The van der Waals surface area contributed by atoms with Crippen molar-refractivity contribution in [1.29, 1.82) is 0 Å². The van der Waals surface area contributed by atoms with Crippen molar-refractivity contribution in [3.63, 3.8) is 0 Å². The van der Waals surface area contributed by atoms with Crippen LogP contribution in [0.15, 0.2) is 64.8 Å². The van der Waals surface area contributed by atoms with Crippen molar-refractivity contribution in [1.82, 2.24) is 15.2 Å². The molecular formula is C18H20N6O. The molecule has 0 aliphatic carbocycles. The molecule has 2 aromatic carbocycles. The molecule has 0 radical (unpaired) electrons. The molecular weight excluding hydrogens is 316 g/mol. The average Bonchev–Trinajstić information content (AvgIpc) is 3.15. The second-order valence-electron chi connectivity index (χ2n) is 5.37. The van der Waals surface area contributed by atoms with Gasteiger partial charge in [-0.15, -0.1) is 15.3 Å². The molecule has 1 aromatic heterocycles. The highest BCUT2D eigenvalue weighted by molar-refractivity contribution is 5.55. The lowest BCUT2D eigenvalue weighted by Crippen LogP contribution is -2.25. The van der Waals surface area contributed by atoms with Gasteiger partial charge in [0.05, 0.1) is 12.3 Å². The largest absolute Gasteiger partial charge is 0.395 e. The molecule has 0 amide bonds. The lowest BCUT2D eigenvalue weighted by molar-refractivity contribution is 0.302. The molecule has 7 heteroatoms. The fourth-order valence-corrected chi connectivity index (χ4v) is 2.45. The van der Waals surface area contributed by atoms with Crippen LogP contribution in [0.1, 0.15) is 6.92 Å². The lowest BCUT2D eigenvalue weighted by Gasteiger charge is -2.21. The van der Waals surface area contributed by atoms with Crippen LogP contribution in [-0.4, -0.2) is 40.0 Å². The minimum absolute atomic E-state index is 0.129. The number of azo groups is 1. The molecule has 2 N–H and O–H groups in total. The van der Waals surface area contributed by atoms with Crippen molar-refractivity contribution in [3.05, 3.63) is 54.6 Å². The van der Waals surface area contributed by atoms with Gasteiger partial charge in [0.1, 0.15) is 0 Å². The minimum atomic E-state index is 0.129. The molecule has 128 valence electrons. The van der Waals surface area contributed by atoms with Gasteiger partial charge in [-0.1, -0.05) is 30.3 Å². The average molecular weight is 336 g/mol. The number of H-pyrrole nitrogens is 1. The predicted octanol–water partition coefficient (Wildman–Crippen LogP) is 3.71. The maximum atomic E-state index is 9.09. The minimum Gasteiger partial charge on any atom is -0.395 e. The number of hydrogen-bond acceptors (Lipinski definition) is 6. The Kier molecular flexibility index (Phi) is 5.48. The normalized spacial score (nSPS) is 11.1. The third-order valence-electron chi connectivity index (χ3n) is 3.74. The molecule has 0 fully saturated rings. The first-order chi connectivity index (χ1) is 12.3. The summed E-state index contributed by atoms with van der Waals surface area (Å²) in [4.78, 5) is 6.40. The monoisotopic (exact) mass is 336 g/mol. The lowest BCUT2D eigenvalue weighted by atomic mass is 10.2. The van der Waals surface area contributed by atoms with E-state index < -0.39 is 0 Å². The Labute approximate surface area is 146 Å². The van der Waals surface area contributed by atoms with Crippen LogP contribution in [0, 0.1) is 0 Å². The Morgan fingerprint density at radius 3 is 2.48 bits per heavy atom. The molecule has 0 bridgehead atoms. The van der Waals surface area contributed by atoms with E-state index in [9.17, 15) is 0 Å². The third kappa shape index (κ3) is 4.27. The van der Waals surface area contributed by atoms with E-state index in [0.717, 1.165) is 23.5 Å². The third-order valence-corrected chi connectivity index (χ3v) is 3.74. The van der Waals surface area contributed by atoms with Gasteiger partial charge in [0.15, 0.2) is 5.82 Å². The van der Waals surface area contributed by atoms with Crippen LogP contribution >= 0.6 is 0 Å². The molecule has 7 nitrogen and oxygen atoms in total. The van der Waals surface area contributed by atoms with E-state index in [1.165, 1.54) is 0 Å². The highest BCUT2D eigenvalue weighted by Gasteiger charge is 2.05. The molecule has 0 aliphatic heterocycles. The number of likely N-dealkylation sites (N-methyl/N-ethyl adjacent to an activating group) is 1. The zero-order valence-corrected chi connectivity index (χ0v) is 14.0. The summed E-state index contributed by atoms with van der Waals surface area (Å²) in [6.07, 6.45) is 0. The van der Waals surface area contributed by atoms with E-state index in [1.807, 2.05) is 54.6 Å². The number of aromatic amines is 1. The zero-order valence-electron chi connectivity index (χ0n) is 14.0. The van der Waals surface area contributed by atoms with Crippen LogP contribution in [-0.2, 0) is 0 Å². The van der Waals surface area contributed by atoms with Gasteiger partial charge in [-0.2, -0.15) is 4.98 Å². The predicted molar refractivity (Wildman–Crippen MR) is 97.4 cm³/mol. The maximum absolute atomic E-state index is 9.09. The van der Waals surface area contributed by atoms with Crippen LogP contribution in [0.2, 0.25) is 0 Å². The molecule has 1 heterocycles. The van der Waals surface area contributed by atoms with Crippen molar-refractivity contribution < 1.29 is 5.11 Å². The van der Waals surface area contributed by atoms with Gasteiger partial charge >= 0.3 is 0 Å². The number of nitrogens with one attached hydrogen (secondary N) is 1. The molecule has 0 aliphatic rings. The van der Waals surface area contributed by atoms with Crippen molar-refractivity contribution in [2.24, 2.45) is 10.2 Å². The first kappa shape index (κ1) is 16.8. The van der Waals surface area contributed by atoms with Crippen LogP contribution < -0.4 is 4.90 Å². The summed E-state index contributed by atoms with van der Waals surface area (Å²) in [6.45, 7) is 3.62. The highest BCUT2D eigenvalue weighted by Crippen LogP contribution is 2.22. The molecule has 0 saturated heterocycles. The standard InChI is InChI=1S/C18H20N6O/c1-2-24(12-13-25)16-10-8-15(9-11-16)20-22-18-19-17(21-23-18)14-6-4-3-5-7-14/h3-11,25H,2,12-13H2,1H3,(H,19,21,23). The van der Waals surface area contributed by atoms with E-state index in [2.05, 4.69) is 37.2 Å². The summed E-state index contributed by atoms with van der Waals surface area (Å²) < 4.78 is 0. The van der Waals surface area contributed by atoms with E-state index in [-0.39, 0.29) is 6.61 Å². The van der Waals surface area contributed by atoms with Crippen LogP contribution in [0.4, 0.5) is 17.3 Å². The first-order valence-corrected chi connectivity index (χ1v) is 8.15. The number of aromatic nitrogens is 3. The number of benzene rings is 2. The Morgan fingerprint density at radius 2 is 1.80 bits per heavy atom. The first-order valence-electron chi connectivity index (χ1n) is 8.15. The SMILES string of the molecule is CCN(CCO)c1ccc(N=Nc2n[nH]c(-c3ccccc3)n2)cc1. The molecule has 3 aromatic rings. The van der Waals surface area contributed by atoms with E-state index in [1.54, 1.807) is 0 Å². The Hall–Kier alpha value is -3.06.